The molecule has 0 bridgehead atoms. The number of nitrogens with zero attached hydrogens (tertiary/aromatic N) is 1. The maximum atomic E-state index is 13.9. The minimum absolute atomic E-state index is 0.0449. The summed E-state index contributed by atoms with van der Waals surface area (Å²) in [7, 11) is -2.91. The maximum absolute atomic E-state index is 13.9. The summed E-state index contributed by atoms with van der Waals surface area (Å²) in [5.74, 6) is -1.76. The number of likely N-dealkylation sites (N-methyl/N-ethyl adjacent to an activating group) is 1. The second kappa shape index (κ2) is 5.62. The number of aryl methyl sites for hydroxylation is 1. The molecule has 4 nitrogen and oxygen atoms in total. The fourth-order valence-corrected chi connectivity index (χ4v) is 3.99. The van der Waals surface area contributed by atoms with Crippen LogP contribution in [0.25, 0.3) is 0 Å². The molecule has 0 saturated heterocycles. The van der Waals surface area contributed by atoms with Crippen LogP contribution >= 0.6 is 0 Å². The highest BCUT2D eigenvalue weighted by Crippen LogP contribution is 2.31. The Kier molecular flexibility index (Phi) is 4.37. The average Bonchev–Trinajstić information content (AvgIpc) is 2.80. The molecule has 21 heavy (non-hydrogen) atoms. The Balaban J connectivity index is 2.31. The molecule has 0 heterocycles. The van der Waals surface area contributed by atoms with Gasteiger partial charge >= 0.3 is 0 Å². The van der Waals surface area contributed by atoms with E-state index in [-0.39, 0.29) is 12.1 Å². The van der Waals surface area contributed by atoms with Crippen LogP contribution in [0.3, 0.4) is 0 Å². The predicted molar refractivity (Wildman–Crippen MR) is 74.3 cm³/mol. The number of benzene rings is 1. The third kappa shape index (κ3) is 3.25. The monoisotopic (exact) mass is 319 g/mol. The smallest absolute Gasteiger partial charge is 0.245 e. The van der Waals surface area contributed by atoms with Gasteiger partial charge in [0, 0.05) is 13.6 Å². The molecule has 0 spiro atoms. The van der Waals surface area contributed by atoms with E-state index >= 15 is 0 Å². The average molecular weight is 319 g/mol. The molecule has 0 aromatic heterocycles. The molecular formula is C14H19F2NO3S. The van der Waals surface area contributed by atoms with E-state index in [9.17, 15) is 22.3 Å². The van der Waals surface area contributed by atoms with Crippen LogP contribution in [0.5, 0.6) is 0 Å². The fraction of sp³-hybridized carbons (Fsp3) is 0.571. The van der Waals surface area contributed by atoms with Gasteiger partial charge in [0.1, 0.15) is 16.5 Å². The summed E-state index contributed by atoms with van der Waals surface area (Å²) in [5, 5.41) is 10.3. The molecule has 1 aromatic rings. The summed E-state index contributed by atoms with van der Waals surface area (Å²) in [6.45, 7) is 1.24. The summed E-state index contributed by atoms with van der Waals surface area (Å²) < 4.78 is 53.0. The van der Waals surface area contributed by atoms with E-state index in [1.54, 1.807) is 0 Å². The van der Waals surface area contributed by atoms with Crippen LogP contribution in [-0.4, -0.2) is 37.0 Å². The Morgan fingerprint density at radius 1 is 1.24 bits per heavy atom. The number of hydrogen-bond acceptors (Lipinski definition) is 3. The number of sulfonamides is 1. The number of rotatable bonds is 4. The Morgan fingerprint density at radius 2 is 1.81 bits per heavy atom. The first-order valence-corrected chi connectivity index (χ1v) is 8.24. The first-order chi connectivity index (χ1) is 9.66. The van der Waals surface area contributed by atoms with Crippen molar-refractivity contribution in [3.63, 3.8) is 0 Å². The highest BCUT2D eigenvalue weighted by atomic mass is 32.2. The molecule has 7 heteroatoms. The molecule has 0 radical (unpaired) electrons. The molecule has 1 aliphatic rings. The number of aliphatic hydroxyl groups is 1. The Morgan fingerprint density at radius 3 is 2.38 bits per heavy atom. The molecule has 1 aromatic carbocycles. The molecule has 1 saturated carbocycles. The summed E-state index contributed by atoms with van der Waals surface area (Å²) in [4.78, 5) is -0.699. The van der Waals surface area contributed by atoms with Gasteiger partial charge in [0.05, 0.1) is 5.60 Å². The van der Waals surface area contributed by atoms with Crippen molar-refractivity contribution >= 4 is 10.0 Å². The predicted octanol–water partition coefficient (Wildman–Crippen LogP) is 2.20. The fourth-order valence-electron chi connectivity index (χ4n) is 2.68. The summed E-state index contributed by atoms with van der Waals surface area (Å²) >= 11 is 0. The molecular weight excluding hydrogens is 300 g/mol. The molecule has 0 aliphatic heterocycles. The van der Waals surface area contributed by atoms with E-state index < -0.39 is 32.2 Å². The van der Waals surface area contributed by atoms with Gasteiger partial charge in [0.25, 0.3) is 0 Å². The van der Waals surface area contributed by atoms with Crippen molar-refractivity contribution in [2.24, 2.45) is 0 Å². The third-order valence-corrected chi connectivity index (χ3v) is 5.77. The van der Waals surface area contributed by atoms with E-state index in [4.69, 9.17) is 0 Å². The van der Waals surface area contributed by atoms with Crippen molar-refractivity contribution < 1.29 is 22.3 Å². The summed E-state index contributed by atoms with van der Waals surface area (Å²) in [6.07, 6.45) is 2.69. The number of hydrogen-bond donors (Lipinski definition) is 1. The van der Waals surface area contributed by atoms with Gasteiger partial charge in [-0.25, -0.2) is 17.2 Å². The van der Waals surface area contributed by atoms with Gasteiger partial charge in [-0.2, -0.15) is 4.31 Å². The van der Waals surface area contributed by atoms with Crippen LogP contribution in [0.15, 0.2) is 17.0 Å². The van der Waals surface area contributed by atoms with Gasteiger partial charge in [0.15, 0.2) is 0 Å². The highest BCUT2D eigenvalue weighted by molar-refractivity contribution is 7.89. The lowest BCUT2D eigenvalue weighted by Gasteiger charge is -2.28. The zero-order chi connectivity index (χ0) is 15.8. The van der Waals surface area contributed by atoms with Gasteiger partial charge in [-0.05, 0) is 37.5 Å². The quantitative estimate of drug-likeness (QED) is 0.925. The van der Waals surface area contributed by atoms with Crippen LogP contribution in [0, 0.1) is 18.6 Å². The summed E-state index contributed by atoms with van der Waals surface area (Å²) in [6, 6.07) is 1.55. The van der Waals surface area contributed by atoms with Crippen molar-refractivity contribution in [3.05, 3.63) is 29.3 Å². The van der Waals surface area contributed by atoms with E-state index in [0.29, 0.717) is 18.9 Å². The number of halogens is 2. The van der Waals surface area contributed by atoms with E-state index in [1.807, 2.05) is 0 Å². The second-order valence-electron chi connectivity index (χ2n) is 5.72. The maximum Gasteiger partial charge on any atom is 0.245 e. The van der Waals surface area contributed by atoms with Gasteiger partial charge in [-0.1, -0.05) is 12.8 Å². The standard InChI is InChI=1S/C14H19F2NO3S/c1-10-7-12(16)13(8-11(10)15)21(19,20)17(2)9-14(18)5-3-4-6-14/h7-8,18H,3-6,9H2,1-2H3. The zero-order valence-electron chi connectivity index (χ0n) is 12.1. The minimum Gasteiger partial charge on any atom is -0.389 e. The van der Waals surface area contributed by atoms with E-state index in [2.05, 4.69) is 0 Å². The molecule has 0 amide bonds. The van der Waals surface area contributed by atoms with Gasteiger partial charge in [-0.3, -0.25) is 0 Å². The zero-order valence-corrected chi connectivity index (χ0v) is 12.9. The molecule has 2 rings (SSSR count). The first kappa shape index (κ1) is 16.3. The molecule has 0 atom stereocenters. The normalized spacial score (nSPS) is 18.4. The highest BCUT2D eigenvalue weighted by Gasteiger charge is 2.36. The SMILES string of the molecule is Cc1cc(F)c(S(=O)(=O)N(C)CC2(O)CCCC2)cc1F. The van der Waals surface area contributed by atoms with Crippen LogP contribution in [0.4, 0.5) is 8.78 Å². The Hall–Kier alpha value is -1.05. The van der Waals surface area contributed by atoms with Crippen LogP contribution in [0.2, 0.25) is 0 Å². The lowest BCUT2D eigenvalue weighted by atomic mass is 10.0. The largest absolute Gasteiger partial charge is 0.389 e. The van der Waals surface area contributed by atoms with Gasteiger partial charge in [-0.15, -0.1) is 0 Å². The van der Waals surface area contributed by atoms with E-state index in [1.165, 1.54) is 14.0 Å². The molecule has 0 unspecified atom stereocenters. The Bertz CT molecular complexity index is 640. The molecule has 1 N–H and O–H groups in total. The van der Waals surface area contributed by atoms with Crippen LogP contribution in [0.1, 0.15) is 31.2 Å². The summed E-state index contributed by atoms with van der Waals surface area (Å²) in [5.41, 5.74) is -1.04. The van der Waals surface area contributed by atoms with Crippen LogP contribution in [-0.2, 0) is 10.0 Å². The van der Waals surface area contributed by atoms with Crippen molar-refractivity contribution in [1.82, 2.24) is 4.31 Å². The second-order valence-corrected chi connectivity index (χ2v) is 7.74. The van der Waals surface area contributed by atoms with E-state index in [0.717, 1.165) is 23.2 Å². The lowest BCUT2D eigenvalue weighted by Crippen LogP contribution is -2.42. The van der Waals surface area contributed by atoms with Crippen molar-refractivity contribution in [2.45, 2.75) is 43.1 Å². The molecule has 118 valence electrons. The minimum atomic E-state index is -4.18. The molecule has 1 aliphatic carbocycles. The lowest BCUT2D eigenvalue weighted by molar-refractivity contribution is 0.0333. The third-order valence-electron chi connectivity index (χ3n) is 3.95. The Labute approximate surface area is 123 Å². The van der Waals surface area contributed by atoms with Gasteiger partial charge < -0.3 is 5.11 Å². The first-order valence-electron chi connectivity index (χ1n) is 6.80. The van der Waals surface area contributed by atoms with Crippen molar-refractivity contribution in [1.29, 1.82) is 0 Å². The topological polar surface area (TPSA) is 57.6 Å². The van der Waals surface area contributed by atoms with Crippen molar-refractivity contribution in [3.8, 4) is 0 Å². The molecule has 1 fully saturated rings. The van der Waals surface area contributed by atoms with Crippen molar-refractivity contribution in [2.75, 3.05) is 13.6 Å². The van der Waals surface area contributed by atoms with Crippen LogP contribution < -0.4 is 0 Å². The van der Waals surface area contributed by atoms with Gasteiger partial charge in [0.2, 0.25) is 10.0 Å².